The molecular weight excluding hydrogens is 192 g/mol. The van der Waals surface area contributed by atoms with Gasteiger partial charge in [0.25, 0.3) is 0 Å². The molecule has 0 aromatic carbocycles. The van der Waals surface area contributed by atoms with Crippen LogP contribution in [0, 0.1) is 0 Å². The van der Waals surface area contributed by atoms with Gasteiger partial charge in [0.05, 0.1) is 11.0 Å². The highest BCUT2D eigenvalue weighted by molar-refractivity contribution is 9.12. The van der Waals surface area contributed by atoms with Gasteiger partial charge in [0.2, 0.25) is 0 Å². The van der Waals surface area contributed by atoms with E-state index < -0.39 is 0 Å². The van der Waals surface area contributed by atoms with Gasteiger partial charge in [0.1, 0.15) is 7.05 Å². The normalized spacial score (nSPS) is 19.7. The molecule has 0 fully saturated rings. The summed E-state index contributed by atoms with van der Waals surface area (Å²) >= 11 is 3.44. The second-order valence-corrected chi connectivity index (χ2v) is 3.52. The minimum atomic E-state index is 1.09. The zero-order valence-corrected chi connectivity index (χ0v) is 7.93. The lowest BCUT2D eigenvalue weighted by Gasteiger charge is -2.08. The molecule has 0 saturated carbocycles. The number of hydrogen-bond donors (Lipinski definition) is 0. The predicted octanol–water partition coefficient (Wildman–Crippen LogP) is 0.881. The first-order valence-electron chi connectivity index (χ1n) is 3.31. The quantitative estimate of drug-likeness (QED) is 0.531. The van der Waals surface area contributed by atoms with Gasteiger partial charge in [-0.15, -0.1) is 0 Å². The number of nitrogens with zero attached hydrogens (tertiary/aromatic N) is 2. The van der Waals surface area contributed by atoms with Crippen LogP contribution in [-0.4, -0.2) is 42.9 Å². The molecule has 0 aromatic rings. The summed E-state index contributed by atoms with van der Waals surface area (Å²) in [7, 11) is 4.16. The van der Waals surface area contributed by atoms with E-state index in [1.165, 1.54) is 0 Å². The summed E-state index contributed by atoms with van der Waals surface area (Å²) in [4.78, 5) is 2.17. The van der Waals surface area contributed by atoms with Crippen molar-refractivity contribution in [1.82, 2.24) is 4.90 Å². The second kappa shape index (κ2) is 3.19. The summed E-state index contributed by atoms with van der Waals surface area (Å²) < 4.78 is 3.30. The molecule has 0 saturated heterocycles. The highest BCUT2D eigenvalue weighted by Crippen LogP contribution is 2.04. The van der Waals surface area contributed by atoms with E-state index in [0.29, 0.717) is 0 Å². The van der Waals surface area contributed by atoms with E-state index >= 15 is 0 Å². The van der Waals surface area contributed by atoms with Gasteiger partial charge in [-0.3, -0.25) is 0 Å². The maximum Gasteiger partial charge on any atom is 0.179 e. The second-order valence-electron chi connectivity index (χ2n) is 2.60. The largest absolute Gasteiger partial charge is 0.373 e. The lowest BCUT2D eigenvalue weighted by Crippen LogP contribution is -2.19. The Labute approximate surface area is 70.0 Å². The van der Waals surface area contributed by atoms with Gasteiger partial charge in [0.15, 0.2) is 12.8 Å². The Morgan fingerprint density at radius 1 is 1.70 bits per heavy atom. The van der Waals surface area contributed by atoms with Crippen LogP contribution in [0.1, 0.15) is 0 Å². The predicted molar refractivity (Wildman–Crippen MR) is 46.8 cm³/mol. The van der Waals surface area contributed by atoms with Crippen LogP contribution in [0.3, 0.4) is 0 Å². The smallest absolute Gasteiger partial charge is 0.179 e. The third-order valence-electron chi connectivity index (χ3n) is 1.49. The average molecular weight is 204 g/mol. The number of rotatable bonds is 0. The number of halogens is 1. The Kier molecular flexibility index (Phi) is 2.49. The molecule has 3 heteroatoms. The first kappa shape index (κ1) is 7.79. The fourth-order valence-corrected chi connectivity index (χ4v) is 1.60. The van der Waals surface area contributed by atoms with Crippen molar-refractivity contribution >= 4 is 22.1 Å². The zero-order valence-electron chi connectivity index (χ0n) is 6.34. The Bertz CT molecular complexity index is 184. The molecule has 0 aliphatic carbocycles. The summed E-state index contributed by atoms with van der Waals surface area (Å²) in [5, 5.41) is 0. The van der Waals surface area contributed by atoms with E-state index in [0.717, 1.165) is 17.6 Å². The molecule has 0 N–H and O–H groups in total. The number of likely N-dealkylation sites (N-methyl/N-ethyl adjacent to an activating group) is 2. The van der Waals surface area contributed by atoms with Crippen molar-refractivity contribution in [2.24, 2.45) is 0 Å². The molecule has 0 spiro atoms. The van der Waals surface area contributed by atoms with Crippen LogP contribution in [0.15, 0.2) is 10.7 Å². The van der Waals surface area contributed by atoms with E-state index in [-0.39, 0.29) is 0 Å². The van der Waals surface area contributed by atoms with Gasteiger partial charge in [-0.2, -0.15) is 0 Å². The Morgan fingerprint density at radius 2 is 2.40 bits per heavy atom. The summed E-state index contributed by atoms with van der Waals surface area (Å²) in [5.41, 5.74) is 0. The van der Waals surface area contributed by atoms with Crippen LogP contribution in [0.5, 0.6) is 0 Å². The van der Waals surface area contributed by atoms with E-state index in [9.17, 15) is 0 Å². The molecule has 0 bridgehead atoms. The minimum absolute atomic E-state index is 1.09. The summed E-state index contributed by atoms with van der Waals surface area (Å²) in [6.45, 7) is 2.17. The molecule has 0 unspecified atom stereocenters. The van der Waals surface area contributed by atoms with Crippen molar-refractivity contribution < 1.29 is 4.58 Å². The molecule has 1 aliphatic rings. The van der Waals surface area contributed by atoms with Crippen molar-refractivity contribution in [3.05, 3.63) is 10.7 Å². The van der Waals surface area contributed by atoms with E-state index in [1.54, 1.807) is 0 Å². The average Bonchev–Trinajstić information content (AvgIpc) is 1.93. The van der Waals surface area contributed by atoms with Crippen molar-refractivity contribution in [3.63, 3.8) is 0 Å². The van der Waals surface area contributed by atoms with Crippen molar-refractivity contribution in [3.8, 4) is 0 Å². The van der Waals surface area contributed by atoms with Gasteiger partial charge in [-0.1, -0.05) is 0 Å². The van der Waals surface area contributed by atoms with E-state index in [1.807, 2.05) is 0 Å². The molecule has 1 aliphatic heterocycles. The lowest BCUT2D eigenvalue weighted by molar-refractivity contribution is -0.490. The molecule has 1 rings (SSSR count). The van der Waals surface area contributed by atoms with Crippen LogP contribution in [0.4, 0.5) is 0 Å². The van der Waals surface area contributed by atoms with Gasteiger partial charge in [-0.25, -0.2) is 4.58 Å². The summed E-state index contributed by atoms with van der Waals surface area (Å²) in [6, 6.07) is 0. The fourth-order valence-electron chi connectivity index (χ4n) is 0.899. The van der Waals surface area contributed by atoms with Crippen LogP contribution < -0.4 is 0 Å². The van der Waals surface area contributed by atoms with Gasteiger partial charge >= 0.3 is 0 Å². The Balaban J connectivity index is 2.72. The maximum atomic E-state index is 3.44. The SMILES string of the molecule is CN1C=C(Br)C=[N+](C)CC1. The zero-order chi connectivity index (χ0) is 7.56. The van der Waals surface area contributed by atoms with Gasteiger partial charge < -0.3 is 4.90 Å². The van der Waals surface area contributed by atoms with Crippen LogP contribution in [0.25, 0.3) is 0 Å². The number of allylic oxidation sites excluding steroid dienone is 1. The molecule has 56 valence electrons. The monoisotopic (exact) mass is 203 g/mol. The fraction of sp³-hybridized carbons (Fsp3) is 0.571. The molecule has 1 heterocycles. The first-order valence-corrected chi connectivity index (χ1v) is 4.10. The van der Waals surface area contributed by atoms with Crippen LogP contribution in [0.2, 0.25) is 0 Å². The number of hydrogen-bond acceptors (Lipinski definition) is 1. The van der Waals surface area contributed by atoms with Crippen molar-refractivity contribution in [2.75, 3.05) is 27.2 Å². The molecule has 10 heavy (non-hydrogen) atoms. The lowest BCUT2D eigenvalue weighted by atomic mass is 10.6. The molecule has 0 aromatic heterocycles. The minimum Gasteiger partial charge on any atom is -0.373 e. The highest BCUT2D eigenvalue weighted by atomic mass is 79.9. The van der Waals surface area contributed by atoms with Crippen molar-refractivity contribution in [1.29, 1.82) is 0 Å². The Morgan fingerprint density at radius 3 is 3.10 bits per heavy atom. The van der Waals surface area contributed by atoms with E-state index in [2.05, 4.69) is 51.9 Å². The highest BCUT2D eigenvalue weighted by Gasteiger charge is 2.05. The van der Waals surface area contributed by atoms with Crippen LogP contribution >= 0.6 is 15.9 Å². The maximum absolute atomic E-state index is 3.44. The van der Waals surface area contributed by atoms with Crippen LogP contribution in [-0.2, 0) is 0 Å². The molecule has 0 amide bonds. The third kappa shape index (κ3) is 2.14. The molecule has 0 radical (unpaired) electrons. The Hall–Kier alpha value is -0.310. The van der Waals surface area contributed by atoms with Crippen molar-refractivity contribution in [2.45, 2.75) is 0 Å². The molecular formula is C7H12BrN2+. The standard InChI is InChI=1S/C7H12BrN2/c1-9-3-4-10(2)6-7(8)5-9/h5-6H,3-4H2,1-2H3/q+1. The van der Waals surface area contributed by atoms with E-state index in [4.69, 9.17) is 0 Å². The third-order valence-corrected chi connectivity index (χ3v) is 1.90. The van der Waals surface area contributed by atoms with Gasteiger partial charge in [-0.05, 0) is 15.9 Å². The summed E-state index contributed by atoms with van der Waals surface area (Å²) in [6.07, 6.45) is 4.17. The molecule has 2 nitrogen and oxygen atoms in total. The first-order chi connectivity index (χ1) is 4.68. The summed E-state index contributed by atoms with van der Waals surface area (Å²) in [5.74, 6) is 0. The molecule has 0 atom stereocenters. The van der Waals surface area contributed by atoms with Gasteiger partial charge in [0, 0.05) is 13.2 Å². The topological polar surface area (TPSA) is 6.25 Å².